The molecular weight excluding hydrogens is 266 g/mol. The molecule has 116 valence electrons. The van der Waals surface area contributed by atoms with Gasteiger partial charge in [-0.1, -0.05) is 13.8 Å². The topological polar surface area (TPSA) is 56.3 Å². The van der Waals surface area contributed by atoms with E-state index >= 15 is 0 Å². The number of anilines is 1. The van der Waals surface area contributed by atoms with E-state index in [0.29, 0.717) is 12.0 Å². The molecule has 1 atom stereocenters. The van der Waals surface area contributed by atoms with Crippen molar-refractivity contribution in [1.29, 1.82) is 0 Å². The predicted molar refractivity (Wildman–Crippen MR) is 81.5 cm³/mol. The number of nitrogens with zero attached hydrogens (tertiary/aromatic N) is 2. The number of ether oxygens (including phenoxy) is 2. The molecule has 0 aromatic carbocycles. The highest BCUT2D eigenvalue weighted by Crippen LogP contribution is 2.35. The number of hydrogen-bond acceptors (Lipinski definition) is 5. The first-order chi connectivity index (χ1) is 10.2. The molecule has 1 aromatic heterocycles. The Morgan fingerprint density at radius 1 is 1.24 bits per heavy atom. The van der Waals surface area contributed by atoms with Gasteiger partial charge in [0.2, 0.25) is 0 Å². The third-order valence-corrected chi connectivity index (χ3v) is 4.53. The maximum absolute atomic E-state index is 6.08. The number of aromatic nitrogens is 2. The van der Waals surface area contributed by atoms with Crippen molar-refractivity contribution in [3.05, 3.63) is 18.1 Å². The van der Waals surface area contributed by atoms with Gasteiger partial charge in [-0.05, 0) is 31.6 Å². The van der Waals surface area contributed by atoms with Gasteiger partial charge < -0.3 is 14.8 Å². The molecule has 0 aliphatic carbocycles. The molecule has 0 saturated carbocycles. The van der Waals surface area contributed by atoms with Crippen molar-refractivity contribution in [1.82, 2.24) is 9.97 Å². The summed E-state index contributed by atoms with van der Waals surface area (Å²) in [6.45, 7) is 6.75. The minimum Gasteiger partial charge on any atom is -0.381 e. The Hall–Kier alpha value is -1.20. The standard InChI is InChI=1S/C16H25N3O2/c1-12(2)14-9-15(18-11-17-14)19-13-3-6-21-16(10-13)4-7-20-8-5-16/h9,11-13H,3-8,10H2,1-2H3,(H,17,18,19)/t13-/m0/s1. The first-order valence-corrected chi connectivity index (χ1v) is 7.97. The first-order valence-electron chi connectivity index (χ1n) is 7.97. The maximum Gasteiger partial charge on any atom is 0.129 e. The van der Waals surface area contributed by atoms with Crippen molar-refractivity contribution in [2.24, 2.45) is 0 Å². The van der Waals surface area contributed by atoms with Gasteiger partial charge in [-0.15, -0.1) is 0 Å². The van der Waals surface area contributed by atoms with Gasteiger partial charge in [0.1, 0.15) is 12.1 Å². The molecule has 1 spiro atoms. The average Bonchev–Trinajstić information content (AvgIpc) is 2.48. The molecule has 2 aliphatic heterocycles. The lowest BCUT2D eigenvalue weighted by atomic mass is 9.84. The van der Waals surface area contributed by atoms with E-state index < -0.39 is 0 Å². The molecule has 3 heterocycles. The van der Waals surface area contributed by atoms with Crippen molar-refractivity contribution in [3.8, 4) is 0 Å². The lowest BCUT2D eigenvalue weighted by Gasteiger charge is -2.43. The fourth-order valence-corrected chi connectivity index (χ4v) is 3.22. The Balaban J connectivity index is 1.65. The third kappa shape index (κ3) is 3.52. The maximum atomic E-state index is 6.08. The van der Waals surface area contributed by atoms with Crippen LogP contribution in [0.4, 0.5) is 5.82 Å². The summed E-state index contributed by atoms with van der Waals surface area (Å²) in [4.78, 5) is 8.68. The molecule has 2 aliphatic rings. The quantitative estimate of drug-likeness (QED) is 0.928. The summed E-state index contributed by atoms with van der Waals surface area (Å²) in [5.41, 5.74) is 1.10. The summed E-state index contributed by atoms with van der Waals surface area (Å²) in [5, 5.41) is 3.58. The van der Waals surface area contributed by atoms with E-state index in [1.807, 2.05) is 0 Å². The van der Waals surface area contributed by atoms with Gasteiger partial charge in [-0.3, -0.25) is 0 Å². The largest absolute Gasteiger partial charge is 0.381 e. The van der Waals surface area contributed by atoms with Crippen molar-refractivity contribution in [2.45, 2.75) is 57.1 Å². The van der Waals surface area contributed by atoms with Gasteiger partial charge in [0.25, 0.3) is 0 Å². The SMILES string of the molecule is CC(C)c1cc(N[C@H]2CCOC3(CCOCC3)C2)ncn1. The van der Waals surface area contributed by atoms with Crippen LogP contribution in [-0.4, -0.2) is 41.4 Å². The lowest BCUT2D eigenvalue weighted by molar-refractivity contribution is -0.135. The minimum absolute atomic E-state index is 0.0159. The highest BCUT2D eigenvalue weighted by atomic mass is 16.5. The van der Waals surface area contributed by atoms with Crippen molar-refractivity contribution in [2.75, 3.05) is 25.1 Å². The molecule has 2 saturated heterocycles. The zero-order valence-electron chi connectivity index (χ0n) is 13.0. The van der Waals surface area contributed by atoms with Gasteiger partial charge in [0.05, 0.1) is 5.60 Å². The van der Waals surface area contributed by atoms with Crippen LogP contribution in [-0.2, 0) is 9.47 Å². The number of hydrogen-bond donors (Lipinski definition) is 1. The lowest BCUT2D eigenvalue weighted by Crippen LogP contribution is -2.47. The van der Waals surface area contributed by atoms with Gasteiger partial charge >= 0.3 is 0 Å². The van der Waals surface area contributed by atoms with E-state index in [4.69, 9.17) is 9.47 Å². The molecule has 21 heavy (non-hydrogen) atoms. The van der Waals surface area contributed by atoms with Gasteiger partial charge in [-0.25, -0.2) is 9.97 Å². The molecular formula is C16H25N3O2. The molecule has 0 amide bonds. The summed E-state index contributed by atoms with van der Waals surface area (Å²) < 4.78 is 11.6. The van der Waals surface area contributed by atoms with Crippen molar-refractivity contribution < 1.29 is 9.47 Å². The van der Waals surface area contributed by atoms with Crippen LogP contribution in [0.25, 0.3) is 0 Å². The van der Waals surface area contributed by atoms with E-state index in [1.165, 1.54) is 0 Å². The van der Waals surface area contributed by atoms with Crippen LogP contribution in [0.1, 0.15) is 51.1 Å². The zero-order valence-corrected chi connectivity index (χ0v) is 13.0. The molecule has 1 N–H and O–H groups in total. The number of rotatable bonds is 3. The molecule has 5 heteroatoms. The van der Waals surface area contributed by atoms with Crippen LogP contribution in [0, 0.1) is 0 Å². The molecule has 2 fully saturated rings. The Morgan fingerprint density at radius 2 is 2.05 bits per heavy atom. The Kier molecular flexibility index (Phi) is 4.40. The van der Waals surface area contributed by atoms with E-state index in [9.17, 15) is 0 Å². The molecule has 5 nitrogen and oxygen atoms in total. The molecule has 1 aromatic rings. The Bertz CT molecular complexity index is 467. The smallest absolute Gasteiger partial charge is 0.129 e. The Morgan fingerprint density at radius 3 is 2.81 bits per heavy atom. The highest BCUT2D eigenvalue weighted by molar-refractivity contribution is 5.37. The molecule has 0 radical (unpaired) electrons. The fraction of sp³-hybridized carbons (Fsp3) is 0.750. The molecule has 0 unspecified atom stereocenters. The molecule has 3 rings (SSSR count). The summed E-state index contributed by atoms with van der Waals surface area (Å²) in [5.74, 6) is 1.35. The van der Waals surface area contributed by atoms with Crippen LogP contribution in [0.3, 0.4) is 0 Å². The normalized spacial score (nSPS) is 25.2. The summed E-state index contributed by atoms with van der Waals surface area (Å²) in [6.07, 6.45) is 5.74. The third-order valence-electron chi connectivity index (χ3n) is 4.53. The summed E-state index contributed by atoms with van der Waals surface area (Å²) in [6, 6.07) is 2.49. The van der Waals surface area contributed by atoms with Crippen LogP contribution in [0.2, 0.25) is 0 Å². The van der Waals surface area contributed by atoms with Gasteiger partial charge in [-0.2, -0.15) is 0 Å². The highest BCUT2D eigenvalue weighted by Gasteiger charge is 2.39. The Labute approximate surface area is 126 Å². The van der Waals surface area contributed by atoms with Gasteiger partial charge in [0.15, 0.2) is 0 Å². The fourth-order valence-electron chi connectivity index (χ4n) is 3.22. The van der Waals surface area contributed by atoms with E-state index in [0.717, 1.165) is 57.0 Å². The van der Waals surface area contributed by atoms with Gasteiger partial charge in [0, 0.05) is 37.6 Å². The van der Waals surface area contributed by atoms with E-state index in [-0.39, 0.29) is 5.60 Å². The van der Waals surface area contributed by atoms with Crippen molar-refractivity contribution in [3.63, 3.8) is 0 Å². The zero-order chi connectivity index (χ0) is 14.7. The van der Waals surface area contributed by atoms with Crippen LogP contribution >= 0.6 is 0 Å². The van der Waals surface area contributed by atoms with Crippen molar-refractivity contribution >= 4 is 5.82 Å². The minimum atomic E-state index is 0.0159. The van der Waals surface area contributed by atoms with E-state index in [2.05, 4.69) is 35.2 Å². The first kappa shape index (κ1) is 14.7. The predicted octanol–water partition coefficient (Wildman–Crippen LogP) is 2.74. The van der Waals surface area contributed by atoms with E-state index in [1.54, 1.807) is 6.33 Å². The van der Waals surface area contributed by atoms with Crippen LogP contribution in [0.5, 0.6) is 0 Å². The van der Waals surface area contributed by atoms with Crippen LogP contribution < -0.4 is 5.32 Å². The molecule has 0 bridgehead atoms. The summed E-state index contributed by atoms with van der Waals surface area (Å²) >= 11 is 0. The monoisotopic (exact) mass is 291 g/mol. The van der Waals surface area contributed by atoms with Crippen LogP contribution in [0.15, 0.2) is 12.4 Å². The summed E-state index contributed by atoms with van der Waals surface area (Å²) in [7, 11) is 0. The average molecular weight is 291 g/mol. The second kappa shape index (κ2) is 6.28. The second-order valence-electron chi connectivity index (χ2n) is 6.46. The number of nitrogens with one attached hydrogen (secondary N) is 1. The second-order valence-corrected chi connectivity index (χ2v) is 6.46.